The van der Waals surface area contributed by atoms with Crippen LogP contribution in [0.25, 0.3) is 0 Å². The molecule has 0 aromatic carbocycles. The van der Waals surface area contributed by atoms with Crippen molar-refractivity contribution in [3.63, 3.8) is 0 Å². The predicted molar refractivity (Wildman–Crippen MR) is 65.2 cm³/mol. The van der Waals surface area contributed by atoms with Gasteiger partial charge in [-0.3, -0.25) is 14.9 Å². The zero-order chi connectivity index (χ0) is 14.0. The van der Waals surface area contributed by atoms with Crippen molar-refractivity contribution in [1.29, 1.82) is 0 Å². The van der Waals surface area contributed by atoms with Crippen molar-refractivity contribution >= 4 is 17.5 Å². The third-order valence-electron chi connectivity index (χ3n) is 3.16. The maximum absolute atomic E-state index is 11.0. The quantitative estimate of drug-likeness (QED) is 0.589. The number of hydrogen-bond donors (Lipinski definition) is 2. The van der Waals surface area contributed by atoms with Gasteiger partial charge in [-0.2, -0.15) is 4.98 Å². The van der Waals surface area contributed by atoms with Crippen LogP contribution in [0.3, 0.4) is 0 Å². The van der Waals surface area contributed by atoms with E-state index in [0.29, 0.717) is 12.8 Å². The Morgan fingerprint density at radius 1 is 1.63 bits per heavy atom. The van der Waals surface area contributed by atoms with E-state index in [9.17, 15) is 14.9 Å². The summed E-state index contributed by atoms with van der Waals surface area (Å²) < 4.78 is 4.89. The monoisotopic (exact) mass is 267 g/mol. The van der Waals surface area contributed by atoms with Crippen LogP contribution in [-0.4, -0.2) is 34.6 Å². The summed E-state index contributed by atoms with van der Waals surface area (Å²) in [5.41, 5.74) is -1.03. The number of aliphatic carboxylic acids is 1. The van der Waals surface area contributed by atoms with Crippen LogP contribution in [0.1, 0.15) is 12.8 Å². The third kappa shape index (κ3) is 2.56. The van der Waals surface area contributed by atoms with Gasteiger partial charge in [0.1, 0.15) is 0 Å². The molecule has 1 aromatic heterocycles. The Morgan fingerprint density at radius 3 is 2.79 bits per heavy atom. The number of aromatic nitrogens is 1. The molecule has 1 aliphatic rings. The predicted octanol–water partition coefficient (Wildman–Crippen LogP) is 1.28. The van der Waals surface area contributed by atoms with E-state index in [-0.39, 0.29) is 23.9 Å². The Hall–Kier alpha value is -2.38. The molecule has 8 nitrogen and oxygen atoms in total. The summed E-state index contributed by atoms with van der Waals surface area (Å²) >= 11 is 0. The fourth-order valence-electron chi connectivity index (χ4n) is 1.70. The van der Waals surface area contributed by atoms with Gasteiger partial charge < -0.3 is 15.2 Å². The Morgan fingerprint density at radius 2 is 2.32 bits per heavy atom. The van der Waals surface area contributed by atoms with Crippen molar-refractivity contribution in [2.24, 2.45) is 5.41 Å². The molecule has 2 N–H and O–H groups in total. The van der Waals surface area contributed by atoms with E-state index < -0.39 is 16.3 Å². The molecule has 1 aromatic rings. The van der Waals surface area contributed by atoms with E-state index in [0.717, 1.165) is 0 Å². The number of rotatable bonds is 6. The average molecular weight is 267 g/mol. The molecule has 0 atom stereocenters. The molecule has 8 heteroatoms. The third-order valence-corrected chi connectivity index (χ3v) is 3.16. The Kier molecular flexibility index (Phi) is 3.24. The van der Waals surface area contributed by atoms with Crippen LogP contribution in [-0.2, 0) is 4.79 Å². The van der Waals surface area contributed by atoms with Crippen LogP contribution in [0.2, 0.25) is 0 Å². The second-order valence-corrected chi connectivity index (χ2v) is 4.42. The smallest absolute Gasteiger partial charge is 0.311 e. The summed E-state index contributed by atoms with van der Waals surface area (Å²) in [6.45, 7) is 0.114. The van der Waals surface area contributed by atoms with Gasteiger partial charge in [0.15, 0.2) is 0 Å². The van der Waals surface area contributed by atoms with Gasteiger partial charge >= 0.3 is 11.7 Å². The molecule has 102 valence electrons. The highest BCUT2D eigenvalue weighted by Crippen LogP contribution is 2.46. The minimum Gasteiger partial charge on any atom is -0.481 e. The number of pyridine rings is 1. The minimum atomic E-state index is -0.898. The number of hydrogen-bond acceptors (Lipinski definition) is 6. The van der Waals surface area contributed by atoms with Crippen molar-refractivity contribution in [2.75, 3.05) is 19.0 Å². The molecule has 0 spiro atoms. The standard InChI is InChI=1S/C11H13N3O5/c1-19-8-3-2-7(14(17)18)9(13-8)12-6-11(4-5-11)10(15)16/h2-3H,4-6H2,1H3,(H,12,13)(H,15,16). The molecule has 1 saturated carbocycles. The summed E-state index contributed by atoms with van der Waals surface area (Å²) in [6.07, 6.45) is 1.13. The van der Waals surface area contributed by atoms with Gasteiger partial charge in [-0.25, -0.2) is 0 Å². The molecule has 1 aliphatic carbocycles. The zero-order valence-electron chi connectivity index (χ0n) is 10.3. The van der Waals surface area contributed by atoms with Crippen molar-refractivity contribution < 1.29 is 19.6 Å². The number of methoxy groups -OCH3 is 1. The first-order valence-electron chi connectivity index (χ1n) is 5.65. The largest absolute Gasteiger partial charge is 0.481 e. The lowest BCUT2D eigenvalue weighted by Gasteiger charge is -2.12. The van der Waals surface area contributed by atoms with E-state index in [2.05, 4.69) is 10.3 Å². The van der Waals surface area contributed by atoms with Crippen LogP contribution in [0.5, 0.6) is 5.88 Å². The van der Waals surface area contributed by atoms with Gasteiger partial charge in [0.05, 0.1) is 17.4 Å². The molecule has 0 aliphatic heterocycles. The minimum absolute atomic E-state index is 0.0249. The van der Waals surface area contributed by atoms with E-state index >= 15 is 0 Å². The summed E-state index contributed by atoms with van der Waals surface area (Å²) in [4.78, 5) is 25.3. The highest BCUT2D eigenvalue weighted by atomic mass is 16.6. The second-order valence-electron chi connectivity index (χ2n) is 4.42. The highest BCUT2D eigenvalue weighted by Gasteiger charge is 2.50. The summed E-state index contributed by atoms with van der Waals surface area (Å²) in [6, 6.07) is 2.65. The van der Waals surface area contributed by atoms with Crippen LogP contribution < -0.4 is 10.1 Å². The number of nitro groups is 1. The molecule has 0 unspecified atom stereocenters. The van der Waals surface area contributed by atoms with Gasteiger partial charge in [0, 0.05) is 18.7 Å². The average Bonchev–Trinajstić information content (AvgIpc) is 3.17. The van der Waals surface area contributed by atoms with E-state index in [1.54, 1.807) is 0 Å². The van der Waals surface area contributed by atoms with E-state index in [1.807, 2.05) is 0 Å². The lowest BCUT2D eigenvalue weighted by atomic mass is 10.1. The molecular formula is C11H13N3O5. The number of nitrogens with one attached hydrogen (secondary N) is 1. The Labute approximate surface area is 108 Å². The molecule has 2 rings (SSSR count). The number of ether oxygens (including phenoxy) is 1. The number of carboxylic acids is 1. The SMILES string of the molecule is COc1ccc([N+](=O)[O-])c(NCC2(C(=O)O)CC2)n1. The highest BCUT2D eigenvalue weighted by molar-refractivity contribution is 5.78. The molecule has 1 fully saturated rings. The number of carboxylic acid groups (broad SMARTS) is 1. The maximum Gasteiger partial charge on any atom is 0.311 e. The molecule has 0 radical (unpaired) electrons. The van der Waals surface area contributed by atoms with Gasteiger partial charge in [-0.1, -0.05) is 0 Å². The second kappa shape index (κ2) is 4.71. The number of anilines is 1. The van der Waals surface area contributed by atoms with Crippen molar-refractivity contribution in [1.82, 2.24) is 4.98 Å². The number of nitrogens with zero attached hydrogens (tertiary/aromatic N) is 2. The summed E-state index contributed by atoms with van der Waals surface area (Å²) in [7, 11) is 1.40. The van der Waals surface area contributed by atoms with Gasteiger partial charge in [0.25, 0.3) is 0 Å². The first-order valence-corrected chi connectivity index (χ1v) is 5.65. The van der Waals surface area contributed by atoms with Gasteiger partial charge in [0.2, 0.25) is 11.7 Å². The van der Waals surface area contributed by atoms with Gasteiger partial charge in [-0.05, 0) is 12.8 Å². The fraction of sp³-hybridized carbons (Fsp3) is 0.455. The molecular weight excluding hydrogens is 254 g/mol. The molecule has 1 heterocycles. The molecule has 0 amide bonds. The molecule has 19 heavy (non-hydrogen) atoms. The van der Waals surface area contributed by atoms with Crippen LogP contribution in [0, 0.1) is 15.5 Å². The Bertz CT molecular complexity index is 527. The summed E-state index contributed by atoms with van der Waals surface area (Å²) in [5, 5.41) is 22.6. The van der Waals surface area contributed by atoms with Crippen molar-refractivity contribution in [3.8, 4) is 5.88 Å². The van der Waals surface area contributed by atoms with Crippen molar-refractivity contribution in [2.45, 2.75) is 12.8 Å². The van der Waals surface area contributed by atoms with Crippen molar-refractivity contribution in [3.05, 3.63) is 22.2 Å². The summed E-state index contributed by atoms with van der Waals surface area (Å²) in [5.74, 6) is -0.643. The van der Waals surface area contributed by atoms with Crippen LogP contribution in [0.15, 0.2) is 12.1 Å². The van der Waals surface area contributed by atoms with Crippen LogP contribution in [0.4, 0.5) is 11.5 Å². The molecule has 0 bridgehead atoms. The lowest BCUT2D eigenvalue weighted by molar-refractivity contribution is -0.384. The van der Waals surface area contributed by atoms with E-state index in [4.69, 9.17) is 9.84 Å². The number of carbonyl (C=O) groups is 1. The maximum atomic E-state index is 11.0. The first kappa shape index (κ1) is 13.1. The van der Waals surface area contributed by atoms with E-state index in [1.165, 1.54) is 19.2 Å². The topological polar surface area (TPSA) is 115 Å². The zero-order valence-corrected chi connectivity index (χ0v) is 10.3. The normalized spacial score (nSPS) is 15.6. The fourth-order valence-corrected chi connectivity index (χ4v) is 1.70. The Balaban J connectivity index is 2.18. The first-order chi connectivity index (χ1) is 8.98. The molecule has 0 saturated heterocycles. The lowest BCUT2D eigenvalue weighted by Crippen LogP contribution is -2.25. The van der Waals surface area contributed by atoms with Gasteiger partial charge in [-0.15, -0.1) is 0 Å². The van der Waals surface area contributed by atoms with Crippen LogP contribution >= 0.6 is 0 Å².